The Labute approximate surface area is 140 Å². The van der Waals surface area contributed by atoms with Crippen LogP contribution < -0.4 is 4.90 Å². The molecule has 118 valence electrons. The molecule has 0 saturated heterocycles. The highest BCUT2D eigenvalue weighted by atomic mass is 32.1. The normalized spacial score (nSPS) is 11.1. The molecular formula is C19H20N2OS. The summed E-state index contributed by atoms with van der Waals surface area (Å²) in [5, 5.41) is 0.756. The van der Waals surface area contributed by atoms with E-state index in [0.717, 1.165) is 15.3 Å². The molecule has 1 aromatic heterocycles. The molecule has 0 aliphatic carbocycles. The van der Waals surface area contributed by atoms with Gasteiger partial charge in [-0.25, -0.2) is 4.98 Å². The third kappa shape index (κ3) is 3.13. The van der Waals surface area contributed by atoms with Crippen LogP contribution in [0.15, 0.2) is 48.5 Å². The van der Waals surface area contributed by atoms with E-state index in [2.05, 4.69) is 18.8 Å². The van der Waals surface area contributed by atoms with E-state index < -0.39 is 0 Å². The van der Waals surface area contributed by atoms with Crippen molar-refractivity contribution in [3.8, 4) is 0 Å². The van der Waals surface area contributed by atoms with Crippen LogP contribution in [0.4, 0.5) is 5.13 Å². The Morgan fingerprint density at radius 2 is 1.83 bits per heavy atom. The van der Waals surface area contributed by atoms with Crippen LogP contribution in [-0.4, -0.2) is 17.4 Å². The zero-order valence-corrected chi connectivity index (χ0v) is 14.4. The van der Waals surface area contributed by atoms with Crippen molar-refractivity contribution in [2.24, 2.45) is 0 Å². The lowest BCUT2D eigenvalue weighted by atomic mass is 10.0. The summed E-state index contributed by atoms with van der Waals surface area (Å²) in [6.07, 6.45) is 0. The van der Waals surface area contributed by atoms with Crippen LogP contribution in [0.25, 0.3) is 10.2 Å². The maximum absolute atomic E-state index is 12.8. The average molecular weight is 324 g/mol. The first-order valence-electron chi connectivity index (χ1n) is 7.87. The summed E-state index contributed by atoms with van der Waals surface area (Å²) < 4.78 is 1.10. The largest absolute Gasteiger partial charge is 0.284 e. The molecule has 3 aromatic rings. The van der Waals surface area contributed by atoms with Gasteiger partial charge in [-0.1, -0.05) is 49.4 Å². The van der Waals surface area contributed by atoms with Crippen LogP contribution in [0.3, 0.4) is 0 Å². The molecule has 0 radical (unpaired) electrons. The van der Waals surface area contributed by atoms with Crippen LogP contribution in [0.2, 0.25) is 0 Å². The smallest absolute Gasteiger partial charge is 0.260 e. The molecule has 0 aliphatic rings. The van der Waals surface area contributed by atoms with E-state index in [-0.39, 0.29) is 5.91 Å². The molecule has 23 heavy (non-hydrogen) atoms. The maximum atomic E-state index is 12.8. The van der Waals surface area contributed by atoms with Crippen LogP contribution in [0.5, 0.6) is 0 Å². The summed E-state index contributed by atoms with van der Waals surface area (Å²) in [6, 6.07) is 15.9. The number of carbonyl (C=O) groups is 1. The van der Waals surface area contributed by atoms with Crippen LogP contribution in [0, 0.1) is 0 Å². The van der Waals surface area contributed by atoms with Gasteiger partial charge in [0.25, 0.3) is 5.91 Å². The van der Waals surface area contributed by atoms with Gasteiger partial charge >= 0.3 is 0 Å². The van der Waals surface area contributed by atoms with Crippen LogP contribution >= 0.6 is 11.3 Å². The first kappa shape index (κ1) is 15.7. The number of para-hydroxylation sites is 1. The van der Waals surface area contributed by atoms with Crippen molar-refractivity contribution in [3.05, 3.63) is 59.7 Å². The number of hydrogen-bond acceptors (Lipinski definition) is 3. The van der Waals surface area contributed by atoms with E-state index in [1.54, 1.807) is 16.2 Å². The van der Waals surface area contributed by atoms with E-state index in [1.807, 2.05) is 55.5 Å². The zero-order chi connectivity index (χ0) is 16.4. The summed E-state index contributed by atoms with van der Waals surface area (Å²) in [5.74, 6) is 0.465. The molecule has 1 amide bonds. The first-order valence-corrected chi connectivity index (χ1v) is 8.69. The number of carbonyl (C=O) groups excluding carboxylic acids is 1. The minimum absolute atomic E-state index is 0.00172. The Bertz CT molecular complexity index is 788. The highest BCUT2D eigenvalue weighted by molar-refractivity contribution is 7.22. The standard InChI is InChI=1S/C19H20N2OS/c1-4-21(19-20-16-7-5-6-8-17(16)23-19)18(22)15-11-9-14(10-12-15)13(2)3/h5-13H,4H2,1-3H3. The highest BCUT2D eigenvalue weighted by Gasteiger charge is 2.19. The monoisotopic (exact) mass is 324 g/mol. The number of thiazole rings is 1. The van der Waals surface area contributed by atoms with Crippen molar-refractivity contribution in [3.63, 3.8) is 0 Å². The van der Waals surface area contributed by atoms with Crippen molar-refractivity contribution in [2.75, 3.05) is 11.4 Å². The van der Waals surface area contributed by atoms with Gasteiger partial charge in [-0.15, -0.1) is 0 Å². The van der Waals surface area contributed by atoms with Crippen molar-refractivity contribution in [2.45, 2.75) is 26.7 Å². The van der Waals surface area contributed by atoms with Gasteiger partial charge in [0.2, 0.25) is 0 Å². The number of hydrogen-bond donors (Lipinski definition) is 0. The Balaban J connectivity index is 1.91. The Hall–Kier alpha value is -2.20. The van der Waals surface area contributed by atoms with E-state index in [1.165, 1.54) is 5.56 Å². The summed E-state index contributed by atoms with van der Waals surface area (Å²) in [6.45, 7) is 6.88. The highest BCUT2D eigenvalue weighted by Crippen LogP contribution is 2.29. The fraction of sp³-hybridized carbons (Fsp3) is 0.263. The number of nitrogens with zero attached hydrogens (tertiary/aromatic N) is 2. The molecule has 0 N–H and O–H groups in total. The molecule has 0 atom stereocenters. The maximum Gasteiger partial charge on any atom is 0.260 e. The molecule has 0 fully saturated rings. The van der Waals surface area contributed by atoms with E-state index in [9.17, 15) is 4.79 Å². The Morgan fingerprint density at radius 3 is 2.43 bits per heavy atom. The number of fused-ring (bicyclic) bond motifs is 1. The van der Waals surface area contributed by atoms with Gasteiger partial charge in [-0.2, -0.15) is 0 Å². The quantitative estimate of drug-likeness (QED) is 0.670. The van der Waals surface area contributed by atoms with Crippen LogP contribution in [-0.2, 0) is 0 Å². The SMILES string of the molecule is CCN(C(=O)c1ccc(C(C)C)cc1)c1nc2ccccc2s1. The van der Waals surface area contributed by atoms with Crippen molar-refractivity contribution < 1.29 is 4.79 Å². The fourth-order valence-corrected chi connectivity index (χ4v) is 3.54. The topological polar surface area (TPSA) is 33.2 Å². The minimum atomic E-state index is 0.00172. The fourth-order valence-electron chi connectivity index (χ4n) is 2.51. The number of amides is 1. The molecule has 0 aliphatic heterocycles. The number of aromatic nitrogens is 1. The van der Waals surface area contributed by atoms with Gasteiger partial charge < -0.3 is 0 Å². The number of benzene rings is 2. The molecule has 2 aromatic carbocycles. The second-order valence-corrected chi connectivity index (χ2v) is 6.80. The molecular weight excluding hydrogens is 304 g/mol. The van der Waals surface area contributed by atoms with Crippen molar-refractivity contribution >= 4 is 32.6 Å². The molecule has 0 saturated carbocycles. The summed E-state index contributed by atoms with van der Waals surface area (Å²) in [7, 11) is 0. The predicted octanol–water partition coefficient (Wildman–Crippen LogP) is 5.09. The summed E-state index contributed by atoms with van der Waals surface area (Å²) >= 11 is 1.55. The van der Waals surface area contributed by atoms with Gasteiger partial charge in [-0.05, 0) is 42.7 Å². The van der Waals surface area contributed by atoms with Crippen molar-refractivity contribution in [1.29, 1.82) is 0 Å². The van der Waals surface area contributed by atoms with Gasteiger partial charge in [0, 0.05) is 12.1 Å². The number of rotatable bonds is 4. The van der Waals surface area contributed by atoms with Gasteiger partial charge in [-0.3, -0.25) is 9.69 Å². The second kappa shape index (κ2) is 6.50. The van der Waals surface area contributed by atoms with Gasteiger partial charge in [0.05, 0.1) is 10.2 Å². The molecule has 0 bridgehead atoms. The van der Waals surface area contributed by atoms with Gasteiger partial charge in [0.15, 0.2) is 5.13 Å². The van der Waals surface area contributed by atoms with E-state index >= 15 is 0 Å². The second-order valence-electron chi connectivity index (χ2n) is 5.79. The third-order valence-electron chi connectivity index (χ3n) is 3.90. The molecule has 3 rings (SSSR count). The summed E-state index contributed by atoms with van der Waals surface area (Å²) in [5.41, 5.74) is 2.88. The Kier molecular flexibility index (Phi) is 4.44. The molecule has 0 spiro atoms. The van der Waals surface area contributed by atoms with E-state index in [0.29, 0.717) is 18.0 Å². The lowest BCUT2D eigenvalue weighted by molar-refractivity contribution is 0.0988. The van der Waals surface area contributed by atoms with Gasteiger partial charge in [0.1, 0.15) is 0 Å². The molecule has 3 nitrogen and oxygen atoms in total. The van der Waals surface area contributed by atoms with Crippen molar-refractivity contribution in [1.82, 2.24) is 4.98 Å². The number of anilines is 1. The lowest BCUT2D eigenvalue weighted by Crippen LogP contribution is -2.30. The predicted molar refractivity (Wildman–Crippen MR) is 97.5 cm³/mol. The lowest BCUT2D eigenvalue weighted by Gasteiger charge is -2.18. The molecule has 4 heteroatoms. The molecule has 1 heterocycles. The van der Waals surface area contributed by atoms with E-state index in [4.69, 9.17) is 0 Å². The minimum Gasteiger partial charge on any atom is -0.284 e. The Morgan fingerprint density at radius 1 is 1.13 bits per heavy atom. The molecule has 0 unspecified atom stereocenters. The first-order chi connectivity index (χ1) is 11.1. The average Bonchev–Trinajstić information content (AvgIpc) is 2.99. The summed E-state index contributed by atoms with van der Waals surface area (Å²) in [4.78, 5) is 19.2. The zero-order valence-electron chi connectivity index (χ0n) is 13.6. The van der Waals surface area contributed by atoms with Crippen LogP contribution in [0.1, 0.15) is 42.6 Å². The third-order valence-corrected chi connectivity index (χ3v) is 4.96.